The van der Waals surface area contributed by atoms with Gasteiger partial charge in [-0.1, -0.05) is 12.1 Å². The van der Waals surface area contributed by atoms with Crippen molar-refractivity contribution in [1.29, 1.82) is 0 Å². The molecule has 0 atom stereocenters. The Morgan fingerprint density at radius 3 is 2.04 bits per heavy atom. The molecule has 140 valence electrons. The van der Waals surface area contributed by atoms with E-state index in [9.17, 15) is 13.6 Å². The van der Waals surface area contributed by atoms with Gasteiger partial charge in [-0.05, 0) is 48.9 Å². The highest BCUT2D eigenvalue weighted by Gasteiger charge is 2.11. The second-order valence-electron chi connectivity index (χ2n) is 5.47. The van der Waals surface area contributed by atoms with Gasteiger partial charge in [-0.25, -0.2) is 0 Å². The Kier molecular flexibility index (Phi) is 7.20. The Morgan fingerprint density at radius 1 is 0.962 bits per heavy atom. The molecule has 0 aliphatic rings. The zero-order chi connectivity index (χ0) is 18.9. The number of hydrogen-bond donors (Lipinski definition) is 0. The number of rotatable bonds is 9. The number of likely N-dealkylation sites (N-methyl/N-ethyl adjacent to an activating group) is 1. The molecule has 0 saturated heterocycles. The van der Waals surface area contributed by atoms with E-state index in [1.54, 1.807) is 43.4 Å². The highest BCUT2D eigenvalue weighted by molar-refractivity contribution is 5.77. The lowest BCUT2D eigenvalue weighted by atomic mass is 10.2. The van der Waals surface area contributed by atoms with E-state index < -0.39 is 6.61 Å². The van der Waals surface area contributed by atoms with Gasteiger partial charge in [0.15, 0.2) is 6.61 Å². The first-order chi connectivity index (χ1) is 12.5. The third-order valence-electron chi connectivity index (χ3n) is 3.49. The van der Waals surface area contributed by atoms with Crippen molar-refractivity contribution in [3.05, 3.63) is 54.1 Å². The van der Waals surface area contributed by atoms with E-state index in [0.29, 0.717) is 18.9 Å². The maximum atomic E-state index is 12.2. The zero-order valence-corrected chi connectivity index (χ0v) is 14.7. The summed E-state index contributed by atoms with van der Waals surface area (Å²) in [6, 6.07) is 13.2. The maximum Gasteiger partial charge on any atom is 0.387 e. The van der Waals surface area contributed by atoms with Crippen molar-refractivity contribution >= 4 is 5.91 Å². The number of alkyl halides is 2. The van der Waals surface area contributed by atoms with E-state index in [1.807, 2.05) is 6.92 Å². The van der Waals surface area contributed by atoms with Crippen molar-refractivity contribution in [2.45, 2.75) is 20.1 Å². The number of carbonyl (C=O) groups is 1. The first-order valence-corrected chi connectivity index (χ1v) is 8.11. The van der Waals surface area contributed by atoms with Crippen LogP contribution >= 0.6 is 0 Å². The van der Waals surface area contributed by atoms with Gasteiger partial charge in [0.2, 0.25) is 0 Å². The molecule has 0 bridgehead atoms. The van der Waals surface area contributed by atoms with Gasteiger partial charge in [-0.3, -0.25) is 4.79 Å². The van der Waals surface area contributed by atoms with Gasteiger partial charge in [-0.2, -0.15) is 8.78 Å². The molecule has 26 heavy (non-hydrogen) atoms. The molecule has 5 nitrogen and oxygen atoms in total. The number of carbonyl (C=O) groups excluding carboxylic acids is 1. The van der Waals surface area contributed by atoms with E-state index in [1.165, 1.54) is 17.0 Å². The Hall–Kier alpha value is -2.83. The van der Waals surface area contributed by atoms with Crippen LogP contribution in [-0.4, -0.2) is 37.7 Å². The lowest BCUT2D eigenvalue weighted by molar-refractivity contribution is -0.132. The van der Waals surface area contributed by atoms with Gasteiger partial charge in [0.1, 0.15) is 17.2 Å². The summed E-state index contributed by atoms with van der Waals surface area (Å²) >= 11 is 0. The molecule has 0 N–H and O–H groups in total. The summed E-state index contributed by atoms with van der Waals surface area (Å²) in [5.74, 6) is 1.19. The summed E-state index contributed by atoms with van der Waals surface area (Å²) < 4.78 is 39.4. The lowest BCUT2D eigenvalue weighted by Crippen LogP contribution is -2.30. The molecule has 0 radical (unpaired) electrons. The van der Waals surface area contributed by atoms with E-state index in [4.69, 9.17) is 9.47 Å². The van der Waals surface area contributed by atoms with E-state index in [0.717, 1.165) is 11.3 Å². The van der Waals surface area contributed by atoms with Gasteiger partial charge in [0.05, 0.1) is 6.61 Å². The third kappa shape index (κ3) is 6.23. The summed E-state index contributed by atoms with van der Waals surface area (Å²) in [5, 5.41) is 0. The fourth-order valence-electron chi connectivity index (χ4n) is 2.19. The molecule has 0 fully saturated rings. The van der Waals surface area contributed by atoms with Gasteiger partial charge in [0, 0.05) is 13.6 Å². The number of benzene rings is 2. The lowest BCUT2D eigenvalue weighted by Gasteiger charge is -2.18. The van der Waals surface area contributed by atoms with Crippen LogP contribution in [0.4, 0.5) is 8.78 Å². The molecule has 0 aliphatic heterocycles. The van der Waals surface area contributed by atoms with Crippen LogP contribution in [0.15, 0.2) is 48.5 Å². The summed E-state index contributed by atoms with van der Waals surface area (Å²) in [4.78, 5) is 13.7. The number of nitrogens with zero attached hydrogens (tertiary/aromatic N) is 1. The van der Waals surface area contributed by atoms with Crippen LogP contribution in [0.25, 0.3) is 0 Å². The Labute approximate surface area is 151 Å². The van der Waals surface area contributed by atoms with Crippen LogP contribution in [0.3, 0.4) is 0 Å². The average Bonchev–Trinajstić information content (AvgIpc) is 2.62. The molecule has 2 rings (SSSR count). The second-order valence-corrected chi connectivity index (χ2v) is 5.47. The minimum atomic E-state index is -2.86. The van der Waals surface area contributed by atoms with Crippen molar-refractivity contribution in [3.8, 4) is 17.2 Å². The molecule has 2 aromatic rings. The van der Waals surface area contributed by atoms with Gasteiger partial charge < -0.3 is 19.1 Å². The fourth-order valence-corrected chi connectivity index (χ4v) is 2.19. The molecule has 0 aliphatic carbocycles. The molecule has 0 saturated carbocycles. The predicted molar refractivity (Wildman–Crippen MR) is 92.7 cm³/mol. The quantitative estimate of drug-likeness (QED) is 0.680. The van der Waals surface area contributed by atoms with Crippen LogP contribution in [0, 0.1) is 0 Å². The summed E-state index contributed by atoms with van der Waals surface area (Å²) in [6.07, 6.45) is 0. The highest BCUT2D eigenvalue weighted by Crippen LogP contribution is 2.18. The second kappa shape index (κ2) is 9.60. The topological polar surface area (TPSA) is 48.0 Å². The molecular formula is C19H21F2NO4. The molecule has 0 heterocycles. The molecule has 0 unspecified atom stereocenters. The minimum Gasteiger partial charge on any atom is -0.494 e. The van der Waals surface area contributed by atoms with Crippen molar-refractivity contribution in [1.82, 2.24) is 4.90 Å². The van der Waals surface area contributed by atoms with Crippen LogP contribution in [0.2, 0.25) is 0 Å². The summed E-state index contributed by atoms with van der Waals surface area (Å²) in [6.45, 7) is -0.140. The minimum absolute atomic E-state index is 0.0802. The fraction of sp³-hybridized carbons (Fsp3) is 0.316. The molecule has 7 heteroatoms. The van der Waals surface area contributed by atoms with Crippen LogP contribution < -0.4 is 14.2 Å². The number of ether oxygens (including phenoxy) is 3. The Morgan fingerprint density at radius 2 is 1.50 bits per heavy atom. The van der Waals surface area contributed by atoms with E-state index in [-0.39, 0.29) is 18.3 Å². The smallest absolute Gasteiger partial charge is 0.387 e. The predicted octanol–water partition coefficient (Wildman–Crippen LogP) is 3.72. The first kappa shape index (κ1) is 19.5. The van der Waals surface area contributed by atoms with Crippen molar-refractivity contribution in [3.63, 3.8) is 0 Å². The number of amides is 1. The summed E-state index contributed by atoms with van der Waals surface area (Å²) in [7, 11) is 1.65. The van der Waals surface area contributed by atoms with Crippen molar-refractivity contribution in [2.75, 3.05) is 20.3 Å². The molecular weight excluding hydrogens is 344 g/mol. The first-order valence-electron chi connectivity index (χ1n) is 8.11. The van der Waals surface area contributed by atoms with Crippen LogP contribution in [0.5, 0.6) is 17.2 Å². The van der Waals surface area contributed by atoms with E-state index in [2.05, 4.69) is 4.74 Å². The van der Waals surface area contributed by atoms with Crippen molar-refractivity contribution in [2.24, 2.45) is 0 Å². The zero-order valence-electron chi connectivity index (χ0n) is 14.7. The van der Waals surface area contributed by atoms with Gasteiger partial charge >= 0.3 is 6.61 Å². The van der Waals surface area contributed by atoms with Crippen LogP contribution in [0.1, 0.15) is 12.5 Å². The highest BCUT2D eigenvalue weighted by atomic mass is 19.3. The maximum absolute atomic E-state index is 12.2. The standard InChI is InChI=1S/C19H21F2NO4/c1-3-24-15-8-10-16(11-9-15)25-13-18(23)22(2)12-14-4-6-17(7-5-14)26-19(20)21/h4-11,19H,3,12-13H2,1-2H3. The third-order valence-corrected chi connectivity index (χ3v) is 3.49. The number of halogens is 2. The molecule has 1 amide bonds. The van der Waals surface area contributed by atoms with Crippen molar-refractivity contribution < 1.29 is 27.8 Å². The largest absolute Gasteiger partial charge is 0.494 e. The Bertz CT molecular complexity index is 690. The molecule has 0 spiro atoms. The Balaban J connectivity index is 1.81. The van der Waals surface area contributed by atoms with Crippen LogP contribution in [-0.2, 0) is 11.3 Å². The molecule has 0 aromatic heterocycles. The SMILES string of the molecule is CCOc1ccc(OCC(=O)N(C)Cc2ccc(OC(F)F)cc2)cc1. The monoisotopic (exact) mass is 365 g/mol. The van der Waals surface area contributed by atoms with E-state index >= 15 is 0 Å². The van der Waals surface area contributed by atoms with Gasteiger partial charge in [-0.15, -0.1) is 0 Å². The average molecular weight is 365 g/mol. The normalized spacial score (nSPS) is 10.5. The number of hydrogen-bond acceptors (Lipinski definition) is 4. The molecule has 2 aromatic carbocycles. The summed E-state index contributed by atoms with van der Waals surface area (Å²) in [5.41, 5.74) is 0.795. The van der Waals surface area contributed by atoms with Gasteiger partial charge in [0.25, 0.3) is 5.91 Å².